The van der Waals surface area contributed by atoms with Crippen LogP contribution >= 0.6 is 11.6 Å². The molecule has 1 heterocycles. The fraction of sp³-hybridized carbons (Fsp3) is 0.316. The van der Waals surface area contributed by atoms with Crippen molar-refractivity contribution in [3.05, 3.63) is 64.4 Å². The van der Waals surface area contributed by atoms with Gasteiger partial charge in [0.2, 0.25) is 0 Å². The molecular formula is C19H18ClFN2O. The summed E-state index contributed by atoms with van der Waals surface area (Å²) in [5.74, 6) is -0.229. The van der Waals surface area contributed by atoms with E-state index in [1.54, 1.807) is 18.2 Å². The van der Waals surface area contributed by atoms with Crippen molar-refractivity contribution in [3.8, 4) is 6.07 Å². The van der Waals surface area contributed by atoms with Crippen molar-refractivity contribution < 1.29 is 9.13 Å². The Morgan fingerprint density at radius 3 is 2.50 bits per heavy atom. The van der Waals surface area contributed by atoms with Crippen LogP contribution in [0.4, 0.5) is 10.1 Å². The van der Waals surface area contributed by atoms with E-state index in [4.69, 9.17) is 21.6 Å². The molecule has 0 radical (unpaired) electrons. The molecule has 0 bridgehead atoms. The van der Waals surface area contributed by atoms with Crippen LogP contribution in [0, 0.1) is 17.1 Å². The molecule has 3 nitrogen and oxygen atoms in total. The van der Waals surface area contributed by atoms with Gasteiger partial charge in [0.25, 0.3) is 0 Å². The number of hydrogen-bond acceptors (Lipinski definition) is 3. The average Bonchev–Trinajstić information content (AvgIpc) is 2.61. The molecule has 2 aromatic carbocycles. The zero-order valence-corrected chi connectivity index (χ0v) is 14.0. The Bertz CT molecular complexity index is 734. The lowest BCUT2D eigenvalue weighted by Crippen LogP contribution is -2.37. The summed E-state index contributed by atoms with van der Waals surface area (Å²) in [6, 6.07) is 14.0. The van der Waals surface area contributed by atoms with Crippen LogP contribution in [-0.2, 0) is 11.3 Å². The predicted octanol–water partition coefficient (Wildman–Crippen LogP) is 4.54. The van der Waals surface area contributed by atoms with Crippen LogP contribution in [-0.4, -0.2) is 19.2 Å². The van der Waals surface area contributed by atoms with Gasteiger partial charge in [-0.3, -0.25) is 0 Å². The summed E-state index contributed by atoms with van der Waals surface area (Å²) in [6.45, 7) is 2.28. The first kappa shape index (κ1) is 16.8. The van der Waals surface area contributed by atoms with Gasteiger partial charge in [0.1, 0.15) is 11.9 Å². The van der Waals surface area contributed by atoms with Gasteiger partial charge in [-0.25, -0.2) is 4.39 Å². The van der Waals surface area contributed by atoms with Crippen molar-refractivity contribution in [2.45, 2.75) is 25.6 Å². The molecule has 0 saturated carbocycles. The Morgan fingerprint density at radius 2 is 1.88 bits per heavy atom. The maximum atomic E-state index is 12.9. The highest BCUT2D eigenvalue weighted by atomic mass is 35.5. The molecule has 0 N–H and O–H groups in total. The second-order valence-electron chi connectivity index (χ2n) is 5.90. The van der Waals surface area contributed by atoms with Crippen molar-refractivity contribution in [2.75, 3.05) is 18.0 Å². The molecule has 124 valence electrons. The van der Waals surface area contributed by atoms with Crippen LogP contribution in [0.1, 0.15) is 24.0 Å². The number of halogens is 2. The number of ether oxygens (including phenoxy) is 1. The van der Waals surface area contributed by atoms with Crippen molar-refractivity contribution in [2.24, 2.45) is 0 Å². The minimum atomic E-state index is -0.229. The lowest BCUT2D eigenvalue weighted by atomic mass is 10.1. The Balaban J connectivity index is 1.51. The first-order valence-corrected chi connectivity index (χ1v) is 8.34. The van der Waals surface area contributed by atoms with Crippen LogP contribution < -0.4 is 4.90 Å². The molecule has 5 heteroatoms. The molecule has 0 atom stereocenters. The van der Waals surface area contributed by atoms with E-state index in [1.165, 1.54) is 12.1 Å². The number of anilines is 1. The Kier molecular flexibility index (Phi) is 5.34. The Labute approximate surface area is 146 Å². The van der Waals surface area contributed by atoms with Gasteiger partial charge in [0.05, 0.1) is 23.3 Å². The van der Waals surface area contributed by atoms with E-state index in [-0.39, 0.29) is 11.9 Å². The summed E-state index contributed by atoms with van der Waals surface area (Å²) < 4.78 is 18.8. The van der Waals surface area contributed by atoms with Gasteiger partial charge in [-0.2, -0.15) is 5.26 Å². The number of piperidine rings is 1. The standard InChI is InChI=1S/C19H18ClFN2O/c20-19-11-17(6-3-15(19)12-22)23-9-7-18(8-10-23)24-13-14-1-4-16(21)5-2-14/h1-6,11,18H,7-10,13H2. The number of rotatable bonds is 4. The zero-order chi connectivity index (χ0) is 16.9. The molecule has 3 rings (SSSR count). The first-order chi connectivity index (χ1) is 11.7. The zero-order valence-electron chi connectivity index (χ0n) is 13.2. The molecule has 1 aliphatic heterocycles. The Hall–Kier alpha value is -2.09. The van der Waals surface area contributed by atoms with Gasteiger partial charge in [-0.1, -0.05) is 23.7 Å². The van der Waals surface area contributed by atoms with Crippen LogP contribution in [0.3, 0.4) is 0 Å². The highest BCUT2D eigenvalue weighted by Crippen LogP contribution is 2.26. The summed E-state index contributed by atoms with van der Waals surface area (Å²) >= 11 is 6.11. The van der Waals surface area contributed by atoms with Gasteiger partial charge in [-0.15, -0.1) is 0 Å². The van der Waals surface area contributed by atoms with E-state index in [0.29, 0.717) is 17.2 Å². The lowest BCUT2D eigenvalue weighted by Gasteiger charge is -2.33. The topological polar surface area (TPSA) is 36.3 Å². The van der Waals surface area contributed by atoms with Crippen molar-refractivity contribution in [1.82, 2.24) is 0 Å². The highest BCUT2D eigenvalue weighted by Gasteiger charge is 2.20. The number of hydrogen-bond donors (Lipinski definition) is 0. The molecule has 0 aromatic heterocycles. The fourth-order valence-electron chi connectivity index (χ4n) is 2.87. The smallest absolute Gasteiger partial charge is 0.123 e. The second kappa shape index (κ2) is 7.65. The van der Waals surface area contributed by atoms with Gasteiger partial charge in [-0.05, 0) is 48.7 Å². The monoisotopic (exact) mass is 344 g/mol. The molecule has 24 heavy (non-hydrogen) atoms. The third kappa shape index (κ3) is 4.05. The molecule has 1 aliphatic rings. The number of benzene rings is 2. The molecule has 1 fully saturated rings. The van der Waals surface area contributed by atoms with Crippen LogP contribution in [0.2, 0.25) is 5.02 Å². The maximum Gasteiger partial charge on any atom is 0.123 e. The van der Waals surface area contributed by atoms with Crippen molar-refractivity contribution >= 4 is 17.3 Å². The molecule has 0 aliphatic carbocycles. The summed E-state index contributed by atoms with van der Waals surface area (Å²) in [7, 11) is 0. The Morgan fingerprint density at radius 1 is 1.17 bits per heavy atom. The largest absolute Gasteiger partial charge is 0.373 e. The lowest BCUT2D eigenvalue weighted by molar-refractivity contribution is 0.0251. The van der Waals surface area contributed by atoms with Gasteiger partial charge < -0.3 is 9.64 Å². The summed E-state index contributed by atoms with van der Waals surface area (Å²) in [5.41, 5.74) is 2.52. The summed E-state index contributed by atoms with van der Waals surface area (Å²) in [6.07, 6.45) is 2.07. The SMILES string of the molecule is N#Cc1ccc(N2CCC(OCc3ccc(F)cc3)CC2)cc1Cl. The van der Waals surface area contributed by atoms with Crippen molar-refractivity contribution in [3.63, 3.8) is 0 Å². The van der Waals surface area contributed by atoms with Gasteiger partial charge in [0, 0.05) is 18.8 Å². The molecule has 2 aromatic rings. The molecule has 0 amide bonds. The molecule has 0 unspecified atom stereocenters. The van der Waals surface area contributed by atoms with Crippen LogP contribution in [0.5, 0.6) is 0 Å². The predicted molar refractivity (Wildman–Crippen MR) is 92.6 cm³/mol. The summed E-state index contributed by atoms with van der Waals surface area (Å²) in [5, 5.41) is 9.43. The van der Waals surface area contributed by atoms with Crippen LogP contribution in [0.25, 0.3) is 0 Å². The van der Waals surface area contributed by atoms with E-state index in [9.17, 15) is 4.39 Å². The van der Waals surface area contributed by atoms with E-state index in [1.807, 2.05) is 12.1 Å². The van der Waals surface area contributed by atoms with E-state index in [2.05, 4.69) is 11.0 Å². The van der Waals surface area contributed by atoms with Crippen molar-refractivity contribution in [1.29, 1.82) is 5.26 Å². The van der Waals surface area contributed by atoms with Gasteiger partial charge in [0.15, 0.2) is 0 Å². The summed E-state index contributed by atoms with van der Waals surface area (Å²) in [4.78, 5) is 2.25. The van der Waals surface area contributed by atoms with Gasteiger partial charge >= 0.3 is 0 Å². The van der Waals surface area contributed by atoms with Crippen LogP contribution in [0.15, 0.2) is 42.5 Å². The molecule has 1 saturated heterocycles. The second-order valence-corrected chi connectivity index (χ2v) is 6.31. The first-order valence-electron chi connectivity index (χ1n) is 7.96. The minimum absolute atomic E-state index is 0.208. The average molecular weight is 345 g/mol. The fourth-order valence-corrected chi connectivity index (χ4v) is 3.08. The van der Waals surface area contributed by atoms with E-state index >= 15 is 0 Å². The minimum Gasteiger partial charge on any atom is -0.373 e. The number of nitrogens with zero attached hydrogens (tertiary/aromatic N) is 2. The third-order valence-electron chi connectivity index (χ3n) is 4.28. The molecular weight excluding hydrogens is 327 g/mol. The normalized spacial score (nSPS) is 15.3. The number of nitriles is 1. The molecule has 0 spiro atoms. The third-order valence-corrected chi connectivity index (χ3v) is 4.59. The highest BCUT2D eigenvalue weighted by molar-refractivity contribution is 6.32. The quantitative estimate of drug-likeness (QED) is 0.817. The van der Waals surface area contributed by atoms with E-state index < -0.39 is 0 Å². The van der Waals surface area contributed by atoms with E-state index in [0.717, 1.165) is 37.2 Å². The maximum absolute atomic E-state index is 12.9.